The lowest BCUT2D eigenvalue weighted by atomic mass is 10.2. The summed E-state index contributed by atoms with van der Waals surface area (Å²) in [7, 11) is 5.60. The monoisotopic (exact) mass is 333 g/mol. The Kier molecular flexibility index (Phi) is 5.74. The van der Waals surface area contributed by atoms with Crippen LogP contribution in [0.1, 0.15) is 20.1 Å². The van der Waals surface area contributed by atoms with E-state index >= 15 is 0 Å². The Bertz CT molecular complexity index is 733. The first-order chi connectivity index (χ1) is 10.9. The van der Waals surface area contributed by atoms with E-state index in [2.05, 4.69) is 6.07 Å². The van der Waals surface area contributed by atoms with E-state index in [1.807, 2.05) is 32.0 Å². The number of hydrogen-bond donors (Lipinski definition) is 0. The molecule has 0 bridgehead atoms. The molecule has 0 radical (unpaired) electrons. The highest BCUT2D eigenvalue weighted by molar-refractivity contribution is 7.11. The first kappa shape index (κ1) is 17.4. The summed E-state index contributed by atoms with van der Waals surface area (Å²) in [6.07, 6.45) is 1.66. The van der Waals surface area contributed by atoms with Crippen molar-refractivity contribution in [2.45, 2.75) is 13.5 Å². The lowest BCUT2D eigenvalue weighted by Crippen LogP contribution is -2.39. The number of hydrogen-bond acceptors (Lipinski definition) is 4. The summed E-state index contributed by atoms with van der Waals surface area (Å²) in [5.74, 6) is -0.209. The van der Waals surface area contributed by atoms with Crippen molar-refractivity contribution in [2.75, 3.05) is 27.2 Å². The molecule has 2 heterocycles. The number of amides is 1. The van der Waals surface area contributed by atoms with Gasteiger partial charge in [-0.25, -0.2) is 0 Å². The summed E-state index contributed by atoms with van der Waals surface area (Å²) in [5.41, 5.74) is -0.0308. The Morgan fingerprint density at radius 3 is 2.57 bits per heavy atom. The van der Waals surface area contributed by atoms with E-state index in [4.69, 9.17) is 0 Å². The first-order valence-electron chi connectivity index (χ1n) is 7.53. The van der Waals surface area contributed by atoms with Crippen LogP contribution >= 0.6 is 11.3 Å². The molecule has 0 unspecified atom stereocenters. The molecule has 5 nitrogen and oxygen atoms in total. The zero-order valence-electron chi connectivity index (χ0n) is 14.1. The first-order valence-corrected chi connectivity index (χ1v) is 8.35. The average molecular weight is 333 g/mol. The Hall–Kier alpha value is -1.92. The molecule has 2 aromatic heterocycles. The van der Waals surface area contributed by atoms with Crippen LogP contribution in [-0.4, -0.2) is 47.5 Å². The van der Waals surface area contributed by atoms with E-state index in [0.717, 1.165) is 11.4 Å². The summed E-state index contributed by atoms with van der Waals surface area (Å²) in [5, 5.41) is 0. The van der Waals surface area contributed by atoms with E-state index in [1.54, 1.807) is 41.6 Å². The smallest absolute Gasteiger partial charge is 0.263 e. The Balaban J connectivity index is 2.26. The lowest BCUT2D eigenvalue weighted by molar-refractivity contribution is 0.0731. The van der Waals surface area contributed by atoms with Crippen LogP contribution in [0.15, 0.2) is 35.3 Å². The molecule has 0 fully saturated rings. The Morgan fingerprint density at radius 2 is 1.96 bits per heavy atom. The fourth-order valence-electron chi connectivity index (χ4n) is 2.26. The molecular weight excluding hydrogens is 310 g/mol. The van der Waals surface area contributed by atoms with Crippen LogP contribution in [0, 0.1) is 6.92 Å². The zero-order valence-corrected chi connectivity index (χ0v) is 14.9. The van der Waals surface area contributed by atoms with Gasteiger partial charge in [-0.2, -0.15) is 0 Å². The molecule has 124 valence electrons. The van der Waals surface area contributed by atoms with Crippen molar-refractivity contribution in [3.63, 3.8) is 0 Å². The fourth-order valence-corrected chi connectivity index (χ4v) is 3.17. The largest absolute Gasteiger partial charge is 0.332 e. The zero-order chi connectivity index (χ0) is 17.0. The maximum atomic E-state index is 12.8. The van der Waals surface area contributed by atoms with Crippen molar-refractivity contribution in [3.05, 3.63) is 56.1 Å². The van der Waals surface area contributed by atoms with Gasteiger partial charge in [0.15, 0.2) is 0 Å². The van der Waals surface area contributed by atoms with Gasteiger partial charge in [-0.3, -0.25) is 9.59 Å². The second kappa shape index (κ2) is 7.57. The number of aromatic nitrogens is 1. The van der Waals surface area contributed by atoms with Crippen molar-refractivity contribution in [1.29, 1.82) is 0 Å². The second-order valence-corrected chi connectivity index (χ2v) is 7.25. The second-order valence-electron chi connectivity index (χ2n) is 5.88. The molecule has 2 rings (SSSR count). The van der Waals surface area contributed by atoms with Crippen LogP contribution < -0.4 is 5.56 Å². The summed E-state index contributed by atoms with van der Waals surface area (Å²) in [6.45, 7) is 3.92. The predicted molar refractivity (Wildman–Crippen MR) is 94.0 cm³/mol. The molecule has 0 aromatic carbocycles. The molecule has 2 aromatic rings. The van der Waals surface area contributed by atoms with Crippen LogP contribution in [0.4, 0.5) is 0 Å². The van der Waals surface area contributed by atoms with Gasteiger partial charge in [-0.1, -0.05) is 0 Å². The third-order valence-corrected chi connectivity index (χ3v) is 4.59. The van der Waals surface area contributed by atoms with E-state index < -0.39 is 0 Å². The molecular formula is C17H23N3O2S. The molecule has 0 aliphatic carbocycles. The Morgan fingerprint density at radius 1 is 1.22 bits per heavy atom. The highest BCUT2D eigenvalue weighted by atomic mass is 32.1. The van der Waals surface area contributed by atoms with Crippen LogP contribution in [0.3, 0.4) is 0 Å². The van der Waals surface area contributed by atoms with Gasteiger partial charge in [-0.05, 0) is 45.3 Å². The predicted octanol–water partition coefficient (Wildman–Crippen LogP) is 1.96. The standard InChI is InChI=1S/C17H23N3O2S/c1-13-7-8-14(23-13)12-20(11-10-18(2)3)17(22)15-6-5-9-19(4)16(15)21/h5-9H,10-12H2,1-4H3. The van der Waals surface area contributed by atoms with Gasteiger partial charge in [0.25, 0.3) is 11.5 Å². The topological polar surface area (TPSA) is 45.5 Å². The van der Waals surface area contributed by atoms with Crippen molar-refractivity contribution in [3.8, 4) is 0 Å². The SMILES string of the molecule is Cc1ccc(CN(CCN(C)C)C(=O)c2cccn(C)c2=O)s1. The third kappa shape index (κ3) is 4.53. The lowest BCUT2D eigenvalue weighted by Gasteiger charge is -2.24. The highest BCUT2D eigenvalue weighted by Crippen LogP contribution is 2.18. The molecule has 0 aliphatic heterocycles. The van der Waals surface area contributed by atoms with Gasteiger partial charge in [0, 0.05) is 36.1 Å². The maximum absolute atomic E-state index is 12.8. The fraction of sp³-hybridized carbons (Fsp3) is 0.412. The molecule has 0 spiro atoms. The minimum atomic E-state index is -0.255. The highest BCUT2D eigenvalue weighted by Gasteiger charge is 2.20. The average Bonchev–Trinajstić information content (AvgIpc) is 2.90. The summed E-state index contributed by atoms with van der Waals surface area (Å²) >= 11 is 1.68. The van der Waals surface area contributed by atoms with Gasteiger partial charge in [0.1, 0.15) is 5.56 Å². The van der Waals surface area contributed by atoms with E-state index in [-0.39, 0.29) is 17.0 Å². The van der Waals surface area contributed by atoms with Crippen LogP contribution in [0.5, 0.6) is 0 Å². The molecule has 0 aliphatic rings. The number of carbonyl (C=O) groups excluding carboxylic acids is 1. The van der Waals surface area contributed by atoms with E-state index in [1.165, 1.54) is 9.44 Å². The van der Waals surface area contributed by atoms with Crippen LogP contribution in [-0.2, 0) is 13.6 Å². The number of nitrogens with zero attached hydrogens (tertiary/aromatic N) is 3. The van der Waals surface area contributed by atoms with Gasteiger partial charge in [0.2, 0.25) is 0 Å². The van der Waals surface area contributed by atoms with Crippen molar-refractivity contribution in [1.82, 2.24) is 14.4 Å². The van der Waals surface area contributed by atoms with Crippen LogP contribution in [0.2, 0.25) is 0 Å². The van der Waals surface area contributed by atoms with Crippen LogP contribution in [0.25, 0.3) is 0 Å². The number of pyridine rings is 1. The van der Waals surface area contributed by atoms with Gasteiger partial charge in [-0.15, -0.1) is 11.3 Å². The number of aryl methyl sites for hydroxylation is 2. The summed E-state index contributed by atoms with van der Waals surface area (Å²) < 4.78 is 1.44. The molecule has 1 amide bonds. The van der Waals surface area contributed by atoms with E-state index in [0.29, 0.717) is 13.1 Å². The quantitative estimate of drug-likeness (QED) is 0.812. The molecule has 6 heteroatoms. The number of carbonyl (C=O) groups is 1. The maximum Gasteiger partial charge on any atom is 0.263 e. The van der Waals surface area contributed by atoms with Crippen molar-refractivity contribution >= 4 is 17.2 Å². The third-order valence-electron chi connectivity index (χ3n) is 3.60. The number of thiophene rings is 1. The van der Waals surface area contributed by atoms with Gasteiger partial charge >= 0.3 is 0 Å². The van der Waals surface area contributed by atoms with Gasteiger partial charge < -0.3 is 14.4 Å². The van der Waals surface area contributed by atoms with E-state index in [9.17, 15) is 9.59 Å². The van der Waals surface area contributed by atoms with Crippen molar-refractivity contribution < 1.29 is 4.79 Å². The number of likely N-dealkylation sites (N-methyl/N-ethyl adjacent to an activating group) is 1. The molecule has 23 heavy (non-hydrogen) atoms. The minimum Gasteiger partial charge on any atom is -0.332 e. The Labute approximate surface area is 140 Å². The molecule has 0 saturated heterocycles. The molecule has 0 atom stereocenters. The molecule has 0 saturated carbocycles. The van der Waals surface area contributed by atoms with Gasteiger partial charge in [0.05, 0.1) is 6.54 Å². The summed E-state index contributed by atoms with van der Waals surface area (Å²) in [4.78, 5) is 31.2. The normalized spacial score (nSPS) is 11.0. The summed E-state index contributed by atoms with van der Waals surface area (Å²) in [6, 6.07) is 7.43. The molecule has 0 N–H and O–H groups in total. The minimum absolute atomic E-state index is 0.209. The van der Waals surface area contributed by atoms with Crippen molar-refractivity contribution in [2.24, 2.45) is 7.05 Å². The number of rotatable bonds is 6.